The van der Waals surface area contributed by atoms with E-state index in [1.807, 2.05) is 25.1 Å². The number of rotatable bonds is 6. The average Bonchev–Trinajstić information content (AvgIpc) is 2.40. The van der Waals surface area contributed by atoms with E-state index in [0.717, 1.165) is 5.56 Å². The Labute approximate surface area is 129 Å². The standard InChI is InChI=1S/C15H23F3N4/c1-12-5-4-6-13(9-12)10-21-14(19-2)20-7-8-22(3)11-15(16,17)18/h4-6,9H,7-8,10-11H2,1-3H3,(H2,19,20,21). The van der Waals surface area contributed by atoms with Crippen molar-refractivity contribution >= 4 is 5.96 Å². The Morgan fingerprint density at radius 2 is 2.00 bits per heavy atom. The number of aliphatic imine (C=N–C) groups is 1. The highest BCUT2D eigenvalue weighted by Crippen LogP contribution is 2.14. The molecule has 0 aliphatic heterocycles. The molecule has 0 saturated carbocycles. The van der Waals surface area contributed by atoms with Crippen LogP contribution in [0.4, 0.5) is 13.2 Å². The topological polar surface area (TPSA) is 39.7 Å². The van der Waals surface area contributed by atoms with E-state index in [4.69, 9.17) is 0 Å². The molecule has 0 aliphatic carbocycles. The van der Waals surface area contributed by atoms with Gasteiger partial charge in [0.1, 0.15) is 0 Å². The van der Waals surface area contributed by atoms with Crippen molar-refractivity contribution < 1.29 is 13.2 Å². The van der Waals surface area contributed by atoms with Crippen molar-refractivity contribution in [1.29, 1.82) is 0 Å². The summed E-state index contributed by atoms with van der Waals surface area (Å²) in [6.07, 6.45) is -4.17. The van der Waals surface area contributed by atoms with E-state index in [0.29, 0.717) is 19.0 Å². The fraction of sp³-hybridized carbons (Fsp3) is 0.533. The lowest BCUT2D eigenvalue weighted by Crippen LogP contribution is -2.42. The zero-order valence-electron chi connectivity index (χ0n) is 13.2. The molecule has 0 fully saturated rings. The summed E-state index contributed by atoms with van der Waals surface area (Å²) < 4.78 is 36.6. The number of aryl methyl sites for hydroxylation is 1. The summed E-state index contributed by atoms with van der Waals surface area (Å²) in [5, 5.41) is 6.13. The molecule has 0 radical (unpaired) electrons. The van der Waals surface area contributed by atoms with Gasteiger partial charge in [0.05, 0.1) is 6.54 Å². The second kappa shape index (κ2) is 8.63. The average molecular weight is 316 g/mol. The van der Waals surface area contributed by atoms with Crippen LogP contribution in [0.2, 0.25) is 0 Å². The maximum atomic E-state index is 12.2. The van der Waals surface area contributed by atoms with Crippen LogP contribution in [0, 0.1) is 6.92 Å². The van der Waals surface area contributed by atoms with Crippen molar-refractivity contribution in [1.82, 2.24) is 15.5 Å². The van der Waals surface area contributed by atoms with Gasteiger partial charge in [-0.1, -0.05) is 29.8 Å². The van der Waals surface area contributed by atoms with Crippen LogP contribution in [0.1, 0.15) is 11.1 Å². The summed E-state index contributed by atoms with van der Waals surface area (Å²) in [4.78, 5) is 5.27. The van der Waals surface area contributed by atoms with E-state index in [1.165, 1.54) is 17.5 Å². The Bertz CT molecular complexity index is 486. The van der Waals surface area contributed by atoms with Crippen LogP contribution in [-0.2, 0) is 6.54 Å². The fourth-order valence-corrected chi connectivity index (χ4v) is 1.98. The largest absolute Gasteiger partial charge is 0.401 e. The quantitative estimate of drug-likeness (QED) is 0.624. The first-order valence-corrected chi connectivity index (χ1v) is 7.05. The number of benzene rings is 1. The molecule has 7 heteroatoms. The van der Waals surface area contributed by atoms with Gasteiger partial charge in [-0.25, -0.2) is 0 Å². The zero-order chi connectivity index (χ0) is 16.6. The van der Waals surface area contributed by atoms with E-state index in [9.17, 15) is 13.2 Å². The molecular weight excluding hydrogens is 293 g/mol. The van der Waals surface area contributed by atoms with Crippen LogP contribution < -0.4 is 10.6 Å². The van der Waals surface area contributed by atoms with Crippen molar-refractivity contribution in [2.24, 2.45) is 4.99 Å². The molecule has 0 amide bonds. The smallest absolute Gasteiger partial charge is 0.355 e. The number of hydrogen-bond donors (Lipinski definition) is 2. The van der Waals surface area contributed by atoms with Gasteiger partial charge in [-0.05, 0) is 19.5 Å². The van der Waals surface area contributed by atoms with Crippen LogP contribution in [0.15, 0.2) is 29.3 Å². The Morgan fingerprint density at radius 3 is 2.59 bits per heavy atom. The van der Waals surface area contributed by atoms with Crippen molar-refractivity contribution in [3.63, 3.8) is 0 Å². The molecule has 4 nitrogen and oxygen atoms in total. The predicted octanol–water partition coefficient (Wildman–Crippen LogP) is 2.15. The minimum absolute atomic E-state index is 0.282. The van der Waals surface area contributed by atoms with Gasteiger partial charge in [0, 0.05) is 26.7 Å². The van der Waals surface area contributed by atoms with E-state index in [1.54, 1.807) is 7.05 Å². The number of nitrogens with zero attached hydrogens (tertiary/aromatic N) is 2. The molecule has 1 aromatic carbocycles. The summed E-state index contributed by atoms with van der Waals surface area (Å²) in [6, 6.07) is 8.07. The Kier molecular flexibility index (Phi) is 7.17. The second-order valence-corrected chi connectivity index (χ2v) is 5.19. The van der Waals surface area contributed by atoms with Gasteiger partial charge in [-0.15, -0.1) is 0 Å². The highest BCUT2D eigenvalue weighted by molar-refractivity contribution is 5.79. The fourth-order valence-electron chi connectivity index (χ4n) is 1.98. The van der Waals surface area contributed by atoms with Crippen molar-refractivity contribution in [3.8, 4) is 0 Å². The molecule has 0 saturated heterocycles. The number of likely N-dealkylation sites (N-methyl/N-ethyl adjacent to an activating group) is 1. The van der Waals surface area contributed by atoms with Gasteiger partial charge >= 0.3 is 6.18 Å². The van der Waals surface area contributed by atoms with Gasteiger partial charge in [0.2, 0.25) is 0 Å². The molecule has 0 aromatic heterocycles. The third-order valence-corrected chi connectivity index (χ3v) is 3.00. The van der Waals surface area contributed by atoms with Gasteiger partial charge in [-0.3, -0.25) is 9.89 Å². The van der Waals surface area contributed by atoms with Gasteiger partial charge in [-0.2, -0.15) is 13.2 Å². The summed E-state index contributed by atoms with van der Waals surface area (Å²) in [6.45, 7) is 2.39. The predicted molar refractivity (Wildman–Crippen MR) is 82.9 cm³/mol. The number of guanidine groups is 1. The molecule has 1 rings (SSSR count). The highest BCUT2D eigenvalue weighted by Gasteiger charge is 2.28. The van der Waals surface area contributed by atoms with E-state index in [2.05, 4.69) is 21.7 Å². The normalized spacial score (nSPS) is 12.6. The lowest BCUT2D eigenvalue weighted by atomic mass is 10.1. The van der Waals surface area contributed by atoms with Crippen LogP contribution in [0.25, 0.3) is 0 Å². The van der Waals surface area contributed by atoms with Gasteiger partial charge < -0.3 is 10.6 Å². The van der Waals surface area contributed by atoms with Crippen LogP contribution in [0.3, 0.4) is 0 Å². The second-order valence-electron chi connectivity index (χ2n) is 5.19. The van der Waals surface area contributed by atoms with Crippen LogP contribution >= 0.6 is 0 Å². The van der Waals surface area contributed by atoms with Crippen LogP contribution in [0.5, 0.6) is 0 Å². The Morgan fingerprint density at radius 1 is 1.27 bits per heavy atom. The Hall–Kier alpha value is -1.76. The molecule has 0 heterocycles. The molecule has 124 valence electrons. The summed E-state index contributed by atoms with van der Waals surface area (Å²) >= 11 is 0. The molecular formula is C15H23F3N4. The lowest BCUT2D eigenvalue weighted by Gasteiger charge is -2.19. The molecule has 0 unspecified atom stereocenters. The van der Waals surface area contributed by atoms with Crippen molar-refractivity contribution in [2.45, 2.75) is 19.6 Å². The first kappa shape index (κ1) is 18.3. The first-order valence-electron chi connectivity index (χ1n) is 7.05. The molecule has 0 bridgehead atoms. The Balaban J connectivity index is 2.31. The monoisotopic (exact) mass is 316 g/mol. The molecule has 0 aliphatic rings. The molecule has 2 N–H and O–H groups in total. The first-order chi connectivity index (χ1) is 10.3. The minimum atomic E-state index is -4.17. The lowest BCUT2D eigenvalue weighted by molar-refractivity contribution is -0.142. The third-order valence-electron chi connectivity index (χ3n) is 3.00. The van der Waals surface area contributed by atoms with Gasteiger partial charge in [0.15, 0.2) is 5.96 Å². The summed E-state index contributed by atoms with van der Waals surface area (Å²) in [5.74, 6) is 0.571. The number of hydrogen-bond acceptors (Lipinski definition) is 2. The molecule has 22 heavy (non-hydrogen) atoms. The highest BCUT2D eigenvalue weighted by atomic mass is 19.4. The minimum Gasteiger partial charge on any atom is -0.355 e. The number of alkyl halides is 3. The van der Waals surface area contributed by atoms with Gasteiger partial charge in [0.25, 0.3) is 0 Å². The maximum Gasteiger partial charge on any atom is 0.401 e. The number of halogens is 3. The van der Waals surface area contributed by atoms with Crippen LogP contribution in [-0.4, -0.2) is 50.8 Å². The van der Waals surface area contributed by atoms with E-state index < -0.39 is 12.7 Å². The molecule has 1 aromatic rings. The SMILES string of the molecule is CN=C(NCCN(C)CC(F)(F)F)NCc1cccc(C)c1. The molecule has 0 spiro atoms. The molecule has 0 atom stereocenters. The maximum absolute atomic E-state index is 12.2. The number of nitrogens with one attached hydrogen (secondary N) is 2. The van der Waals surface area contributed by atoms with Crippen molar-refractivity contribution in [3.05, 3.63) is 35.4 Å². The van der Waals surface area contributed by atoms with E-state index in [-0.39, 0.29) is 6.54 Å². The van der Waals surface area contributed by atoms with E-state index >= 15 is 0 Å². The van der Waals surface area contributed by atoms with Crippen molar-refractivity contribution in [2.75, 3.05) is 33.7 Å². The zero-order valence-corrected chi connectivity index (χ0v) is 13.2. The summed E-state index contributed by atoms with van der Waals surface area (Å²) in [7, 11) is 3.07. The summed E-state index contributed by atoms with van der Waals surface area (Å²) in [5.41, 5.74) is 2.30. The third kappa shape index (κ3) is 7.87.